The maximum Gasteiger partial charge on any atom is 0.223 e. The smallest absolute Gasteiger partial charge is 0.223 e. The van der Waals surface area contributed by atoms with E-state index in [1.165, 1.54) is 6.33 Å². The van der Waals surface area contributed by atoms with E-state index in [-0.39, 0.29) is 11.9 Å². The molecule has 3 aromatic heterocycles. The lowest BCUT2D eigenvalue weighted by Crippen LogP contribution is -2.41. The number of nitrogen functional groups attached to an aromatic ring is 1. The quantitative estimate of drug-likeness (QED) is 0.354. The van der Waals surface area contributed by atoms with E-state index in [0.29, 0.717) is 58.6 Å². The number of thiol groups is 1. The number of ether oxygens (including phenoxy) is 1. The van der Waals surface area contributed by atoms with Crippen molar-refractivity contribution in [3.8, 4) is 17.0 Å². The normalized spacial score (nSPS) is 16.0. The molecule has 1 aromatic carbocycles. The van der Waals surface area contributed by atoms with Gasteiger partial charge in [-0.3, -0.25) is 4.79 Å². The minimum absolute atomic E-state index is 0.0240. The maximum atomic E-state index is 12.5. The van der Waals surface area contributed by atoms with Crippen molar-refractivity contribution in [3.63, 3.8) is 0 Å². The summed E-state index contributed by atoms with van der Waals surface area (Å²) in [6, 6.07) is 5.48. The number of likely N-dealkylation sites (tertiary alicyclic amines) is 1. The summed E-state index contributed by atoms with van der Waals surface area (Å²) in [7, 11) is 1.91. The first-order valence-corrected chi connectivity index (χ1v) is 12.7. The first kappa shape index (κ1) is 24.4. The number of aromatic nitrogens is 6. The Balaban J connectivity index is 1.46. The largest absolute Gasteiger partial charge is 0.484 e. The Morgan fingerprint density at radius 1 is 1.31 bits per heavy atom. The zero-order valence-corrected chi connectivity index (χ0v) is 21.5. The van der Waals surface area contributed by atoms with E-state index in [4.69, 9.17) is 27.2 Å². The topological polar surface area (TPSA) is 117 Å². The molecule has 2 N–H and O–H groups in total. The lowest BCUT2D eigenvalue weighted by Gasteiger charge is -2.33. The average molecular weight is 527 g/mol. The first-order valence-electron chi connectivity index (χ1n) is 11.7. The number of benzene rings is 1. The highest BCUT2D eigenvalue weighted by molar-refractivity contribution is 7.80. The van der Waals surface area contributed by atoms with E-state index in [9.17, 15) is 4.79 Å². The molecule has 1 amide bonds. The van der Waals surface area contributed by atoms with Crippen molar-refractivity contribution in [1.82, 2.24) is 34.2 Å². The molecule has 1 aliphatic rings. The van der Waals surface area contributed by atoms with Crippen LogP contribution in [0.2, 0.25) is 5.02 Å². The van der Waals surface area contributed by atoms with Gasteiger partial charge in [0.2, 0.25) is 5.91 Å². The summed E-state index contributed by atoms with van der Waals surface area (Å²) in [6.45, 7) is 1.60. The van der Waals surface area contributed by atoms with Crippen molar-refractivity contribution in [1.29, 1.82) is 0 Å². The van der Waals surface area contributed by atoms with Gasteiger partial charge in [-0.15, -0.1) is 0 Å². The zero-order chi connectivity index (χ0) is 25.2. The van der Waals surface area contributed by atoms with Gasteiger partial charge >= 0.3 is 0 Å². The summed E-state index contributed by atoms with van der Waals surface area (Å²) < 4.78 is 9.65. The molecular formula is C24H27ClN8O2S. The predicted octanol–water partition coefficient (Wildman–Crippen LogP) is 3.52. The molecule has 1 atom stereocenters. The van der Waals surface area contributed by atoms with Crippen LogP contribution in [0, 0.1) is 0 Å². The summed E-state index contributed by atoms with van der Waals surface area (Å²) in [6.07, 6.45) is 7.20. The van der Waals surface area contributed by atoms with E-state index in [0.717, 1.165) is 30.8 Å². The van der Waals surface area contributed by atoms with E-state index in [1.54, 1.807) is 12.3 Å². The summed E-state index contributed by atoms with van der Waals surface area (Å²) in [5.41, 5.74) is 8.34. The fraction of sp³-hybridized carbons (Fsp3) is 0.375. The SMILES string of the molecule is Cn1ccnc1COc1ccc(-c2nn([C@@H]3CCCN(C(=O)CCS)C3)c3ncnc(N)c23)cc1Cl. The van der Waals surface area contributed by atoms with Crippen molar-refractivity contribution >= 4 is 47.0 Å². The van der Waals surface area contributed by atoms with Gasteiger partial charge in [-0.1, -0.05) is 11.6 Å². The molecule has 1 aliphatic heterocycles. The van der Waals surface area contributed by atoms with Gasteiger partial charge in [-0.25, -0.2) is 19.6 Å². The van der Waals surface area contributed by atoms with Gasteiger partial charge in [-0.2, -0.15) is 17.7 Å². The van der Waals surface area contributed by atoms with Crippen LogP contribution in [0.1, 0.15) is 31.1 Å². The van der Waals surface area contributed by atoms with Crippen LogP contribution in [-0.4, -0.2) is 58.9 Å². The van der Waals surface area contributed by atoms with Crippen LogP contribution in [0.3, 0.4) is 0 Å². The van der Waals surface area contributed by atoms with Gasteiger partial charge in [0.1, 0.15) is 36.0 Å². The number of fused-ring (bicyclic) bond motifs is 1. The predicted molar refractivity (Wildman–Crippen MR) is 141 cm³/mol. The Hall–Kier alpha value is -3.31. The highest BCUT2D eigenvalue weighted by Crippen LogP contribution is 2.37. The first-order chi connectivity index (χ1) is 17.5. The number of nitrogens with zero attached hydrogens (tertiary/aromatic N) is 7. The number of hydrogen-bond donors (Lipinski definition) is 2. The minimum Gasteiger partial charge on any atom is -0.484 e. The van der Waals surface area contributed by atoms with Crippen LogP contribution in [0.15, 0.2) is 36.9 Å². The molecule has 36 heavy (non-hydrogen) atoms. The van der Waals surface area contributed by atoms with Crippen molar-refractivity contribution in [2.75, 3.05) is 24.6 Å². The number of aryl methyl sites for hydroxylation is 1. The number of amides is 1. The number of carbonyl (C=O) groups is 1. The van der Waals surface area contributed by atoms with Gasteiger partial charge in [0.05, 0.1) is 16.5 Å². The highest BCUT2D eigenvalue weighted by Gasteiger charge is 2.28. The number of anilines is 1. The van der Waals surface area contributed by atoms with Crippen molar-refractivity contribution in [2.24, 2.45) is 7.05 Å². The van der Waals surface area contributed by atoms with Gasteiger partial charge in [0, 0.05) is 44.5 Å². The molecule has 4 heterocycles. The summed E-state index contributed by atoms with van der Waals surface area (Å²) in [4.78, 5) is 27.4. The lowest BCUT2D eigenvalue weighted by molar-refractivity contribution is -0.132. The van der Waals surface area contributed by atoms with Crippen LogP contribution in [0.4, 0.5) is 5.82 Å². The second-order valence-electron chi connectivity index (χ2n) is 8.75. The lowest BCUT2D eigenvalue weighted by atomic mass is 10.1. The van der Waals surface area contributed by atoms with Crippen LogP contribution in [0.25, 0.3) is 22.3 Å². The third-order valence-electron chi connectivity index (χ3n) is 6.42. The molecule has 0 saturated carbocycles. The van der Waals surface area contributed by atoms with Crippen LogP contribution < -0.4 is 10.5 Å². The number of rotatable bonds is 7. The molecule has 0 bridgehead atoms. The minimum atomic E-state index is -0.0240. The second-order valence-corrected chi connectivity index (χ2v) is 9.60. The third-order valence-corrected chi connectivity index (χ3v) is 6.94. The highest BCUT2D eigenvalue weighted by atomic mass is 35.5. The van der Waals surface area contributed by atoms with Crippen molar-refractivity contribution in [2.45, 2.75) is 31.9 Å². The Labute approximate surface area is 218 Å². The molecule has 1 fully saturated rings. The number of nitrogens with two attached hydrogens (primary N) is 1. The number of imidazole rings is 1. The summed E-state index contributed by atoms with van der Waals surface area (Å²) >= 11 is 10.8. The fourth-order valence-corrected chi connectivity index (χ4v) is 4.96. The molecule has 4 aromatic rings. The monoisotopic (exact) mass is 526 g/mol. The summed E-state index contributed by atoms with van der Waals surface area (Å²) in [5, 5.41) is 6.03. The molecule has 12 heteroatoms. The third kappa shape index (κ3) is 4.72. The standard InChI is InChI=1S/C24H27ClN8O2S/c1-31-9-7-27-19(31)13-35-18-5-4-15(11-17(18)25)22-21-23(26)28-14-29-24(21)33(30-22)16-3-2-8-32(12-16)20(34)6-10-36/h4-5,7,9,11,14,16,36H,2-3,6,8,10,12-13H2,1H3,(H2,26,28,29)/t16-/m1/s1. The second kappa shape index (κ2) is 10.4. The number of halogens is 1. The van der Waals surface area contributed by atoms with Crippen LogP contribution >= 0.6 is 24.2 Å². The van der Waals surface area contributed by atoms with Crippen molar-refractivity contribution < 1.29 is 9.53 Å². The number of hydrogen-bond acceptors (Lipinski definition) is 8. The molecule has 5 rings (SSSR count). The number of carbonyl (C=O) groups excluding carboxylic acids is 1. The molecule has 0 unspecified atom stereocenters. The fourth-order valence-electron chi connectivity index (χ4n) is 4.53. The van der Waals surface area contributed by atoms with Crippen molar-refractivity contribution in [3.05, 3.63) is 47.8 Å². The molecule has 188 valence electrons. The van der Waals surface area contributed by atoms with Gasteiger partial charge in [0.25, 0.3) is 0 Å². The Kier molecular flexibility index (Phi) is 7.01. The molecule has 1 saturated heterocycles. The molecular weight excluding hydrogens is 500 g/mol. The number of piperidine rings is 1. The van der Waals surface area contributed by atoms with E-state index < -0.39 is 0 Å². The van der Waals surface area contributed by atoms with Gasteiger partial charge < -0.3 is 19.9 Å². The van der Waals surface area contributed by atoms with Crippen LogP contribution in [0.5, 0.6) is 5.75 Å². The van der Waals surface area contributed by atoms with Gasteiger partial charge in [0.15, 0.2) is 5.65 Å². The maximum absolute atomic E-state index is 12.5. The van der Waals surface area contributed by atoms with E-state index in [1.807, 2.05) is 39.5 Å². The van der Waals surface area contributed by atoms with Crippen LogP contribution in [-0.2, 0) is 18.4 Å². The van der Waals surface area contributed by atoms with E-state index in [2.05, 4.69) is 27.6 Å². The summed E-state index contributed by atoms with van der Waals surface area (Å²) in [5.74, 6) is 2.31. The Morgan fingerprint density at radius 3 is 2.92 bits per heavy atom. The Morgan fingerprint density at radius 2 is 2.17 bits per heavy atom. The average Bonchev–Trinajstić information content (AvgIpc) is 3.48. The molecule has 0 aliphatic carbocycles. The molecule has 0 spiro atoms. The van der Waals surface area contributed by atoms with Gasteiger partial charge in [-0.05, 0) is 36.8 Å². The molecule has 0 radical (unpaired) electrons. The zero-order valence-electron chi connectivity index (χ0n) is 19.8. The molecule has 10 nitrogen and oxygen atoms in total. The Bertz CT molecular complexity index is 1400. The van der Waals surface area contributed by atoms with E-state index >= 15 is 0 Å².